The molecule has 0 saturated heterocycles. The standard InChI is InChI=1S/C10H16F3N5/c11-10(12,13)7-16-8(14)17-9(15)18(7)6-4-2-1-3-5-6/h6,9H,1-5,15H2,(H2,14,17). The summed E-state index contributed by atoms with van der Waals surface area (Å²) in [6.45, 7) is 0. The Labute approximate surface area is 103 Å². The van der Waals surface area contributed by atoms with Crippen molar-refractivity contribution < 1.29 is 13.2 Å². The molecular formula is C10H16F3N5. The molecule has 2 aliphatic rings. The van der Waals surface area contributed by atoms with E-state index in [9.17, 15) is 13.2 Å². The highest BCUT2D eigenvalue weighted by molar-refractivity contribution is 6.00. The largest absolute Gasteiger partial charge is 0.449 e. The maximum Gasteiger partial charge on any atom is 0.449 e. The van der Waals surface area contributed by atoms with Crippen LogP contribution in [0.25, 0.3) is 0 Å². The first-order valence-electron chi connectivity index (χ1n) is 5.92. The maximum atomic E-state index is 13.0. The number of nitrogens with zero attached hydrogens (tertiary/aromatic N) is 3. The number of nitrogens with two attached hydrogens (primary N) is 2. The number of amidine groups is 1. The Balaban J connectivity index is 2.28. The van der Waals surface area contributed by atoms with Crippen LogP contribution in [0.3, 0.4) is 0 Å². The molecule has 5 nitrogen and oxygen atoms in total. The Morgan fingerprint density at radius 3 is 2.33 bits per heavy atom. The summed E-state index contributed by atoms with van der Waals surface area (Å²) in [5.41, 5.74) is 10.9. The van der Waals surface area contributed by atoms with E-state index in [1.165, 1.54) is 0 Å². The second-order valence-electron chi connectivity index (χ2n) is 4.53. The van der Waals surface area contributed by atoms with Gasteiger partial charge in [0.25, 0.3) is 0 Å². The van der Waals surface area contributed by atoms with Crippen LogP contribution in [0.1, 0.15) is 32.1 Å². The first-order chi connectivity index (χ1) is 8.39. The zero-order valence-corrected chi connectivity index (χ0v) is 9.82. The van der Waals surface area contributed by atoms with E-state index in [4.69, 9.17) is 11.5 Å². The highest BCUT2D eigenvalue weighted by Crippen LogP contribution is 2.30. The summed E-state index contributed by atoms with van der Waals surface area (Å²) in [7, 11) is 0. The van der Waals surface area contributed by atoms with Gasteiger partial charge in [-0.2, -0.15) is 18.2 Å². The lowest BCUT2D eigenvalue weighted by atomic mass is 9.94. The molecule has 0 amide bonds. The zero-order valence-electron chi connectivity index (χ0n) is 9.82. The summed E-state index contributed by atoms with van der Waals surface area (Å²) in [5, 5.41) is 0. The van der Waals surface area contributed by atoms with Crippen LogP contribution in [0.5, 0.6) is 0 Å². The normalized spacial score (nSPS) is 26.9. The molecule has 8 heteroatoms. The number of hydrogen-bond acceptors (Lipinski definition) is 5. The van der Waals surface area contributed by atoms with E-state index in [1.54, 1.807) is 0 Å². The molecule has 2 rings (SSSR count). The van der Waals surface area contributed by atoms with Crippen LogP contribution in [0.15, 0.2) is 9.98 Å². The fraction of sp³-hybridized carbons (Fsp3) is 0.800. The van der Waals surface area contributed by atoms with Crippen molar-refractivity contribution in [3.05, 3.63) is 0 Å². The van der Waals surface area contributed by atoms with Gasteiger partial charge >= 0.3 is 6.18 Å². The Morgan fingerprint density at radius 2 is 1.78 bits per heavy atom. The average molecular weight is 263 g/mol. The molecule has 18 heavy (non-hydrogen) atoms. The number of guanidine groups is 1. The molecule has 1 aliphatic heterocycles. The van der Waals surface area contributed by atoms with Gasteiger partial charge in [-0.1, -0.05) is 19.3 Å². The first-order valence-corrected chi connectivity index (χ1v) is 5.92. The lowest BCUT2D eigenvalue weighted by Gasteiger charge is -2.40. The lowest BCUT2D eigenvalue weighted by molar-refractivity contribution is -0.0743. The Morgan fingerprint density at radius 1 is 1.17 bits per heavy atom. The Kier molecular flexibility index (Phi) is 3.47. The van der Waals surface area contributed by atoms with Crippen molar-refractivity contribution in [1.82, 2.24) is 4.90 Å². The predicted octanol–water partition coefficient (Wildman–Crippen LogP) is 1.15. The van der Waals surface area contributed by atoms with Crippen LogP contribution < -0.4 is 11.5 Å². The third kappa shape index (κ3) is 2.58. The van der Waals surface area contributed by atoms with E-state index in [-0.39, 0.29) is 6.04 Å². The minimum Gasteiger partial charge on any atom is -0.368 e. The fourth-order valence-corrected chi connectivity index (χ4v) is 2.48. The van der Waals surface area contributed by atoms with Gasteiger partial charge in [-0.25, -0.2) is 4.99 Å². The van der Waals surface area contributed by atoms with Gasteiger partial charge in [0.1, 0.15) is 0 Å². The summed E-state index contributed by atoms with van der Waals surface area (Å²) in [5.74, 6) is -1.43. The SMILES string of the molecule is NC1=NC(N)N(C2CCCCC2)C(C(F)(F)F)=N1. The van der Waals surface area contributed by atoms with Gasteiger partial charge < -0.3 is 10.6 Å². The third-order valence-corrected chi connectivity index (χ3v) is 3.24. The molecule has 0 aromatic carbocycles. The van der Waals surface area contributed by atoms with Gasteiger partial charge in [-0.05, 0) is 12.8 Å². The van der Waals surface area contributed by atoms with E-state index in [1.807, 2.05) is 0 Å². The Bertz CT molecular complexity index is 370. The molecule has 1 unspecified atom stereocenters. The van der Waals surface area contributed by atoms with E-state index in [0.29, 0.717) is 12.8 Å². The summed E-state index contributed by atoms with van der Waals surface area (Å²) in [6.07, 6.45) is -1.45. The molecule has 0 spiro atoms. The highest BCUT2D eigenvalue weighted by Gasteiger charge is 2.46. The predicted molar refractivity (Wildman–Crippen MR) is 61.8 cm³/mol. The molecule has 0 aromatic heterocycles. The second kappa shape index (κ2) is 4.75. The fourth-order valence-electron chi connectivity index (χ4n) is 2.48. The van der Waals surface area contributed by atoms with Crippen molar-refractivity contribution >= 4 is 11.8 Å². The van der Waals surface area contributed by atoms with Gasteiger partial charge in [0, 0.05) is 6.04 Å². The van der Waals surface area contributed by atoms with E-state index in [2.05, 4.69) is 9.98 Å². The highest BCUT2D eigenvalue weighted by atomic mass is 19.4. The monoisotopic (exact) mass is 263 g/mol. The lowest BCUT2D eigenvalue weighted by Crippen LogP contribution is -2.58. The van der Waals surface area contributed by atoms with Gasteiger partial charge in [0.2, 0.25) is 11.8 Å². The molecule has 1 saturated carbocycles. The summed E-state index contributed by atoms with van der Waals surface area (Å²) >= 11 is 0. The van der Waals surface area contributed by atoms with Crippen LogP contribution >= 0.6 is 0 Å². The molecule has 0 bridgehead atoms. The van der Waals surface area contributed by atoms with Crippen molar-refractivity contribution in [3.63, 3.8) is 0 Å². The van der Waals surface area contributed by atoms with Crippen LogP contribution in [0.4, 0.5) is 13.2 Å². The number of halogens is 3. The number of rotatable bonds is 1. The summed E-state index contributed by atoms with van der Waals surface area (Å²) in [6, 6.07) is -0.258. The van der Waals surface area contributed by atoms with E-state index >= 15 is 0 Å². The van der Waals surface area contributed by atoms with Gasteiger partial charge in [-0.15, -0.1) is 0 Å². The molecular weight excluding hydrogens is 247 g/mol. The maximum absolute atomic E-state index is 13.0. The topological polar surface area (TPSA) is 80.0 Å². The first kappa shape index (κ1) is 13.1. The van der Waals surface area contributed by atoms with Crippen molar-refractivity contribution in [2.45, 2.75) is 50.6 Å². The number of alkyl halides is 3. The van der Waals surface area contributed by atoms with E-state index < -0.39 is 24.3 Å². The number of aliphatic imine (C=N–C) groups is 2. The summed E-state index contributed by atoms with van der Waals surface area (Å²) < 4.78 is 38.9. The van der Waals surface area contributed by atoms with Crippen LogP contribution in [-0.2, 0) is 0 Å². The van der Waals surface area contributed by atoms with Crippen molar-refractivity contribution in [2.24, 2.45) is 21.5 Å². The second-order valence-corrected chi connectivity index (χ2v) is 4.53. The quantitative estimate of drug-likeness (QED) is 0.744. The average Bonchev–Trinajstić information content (AvgIpc) is 2.28. The molecule has 0 radical (unpaired) electrons. The van der Waals surface area contributed by atoms with Crippen LogP contribution in [0.2, 0.25) is 0 Å². The van der Waals surface area contributed by atoms with E-state index in [0.717, 1.165) is 24.2 Å². The molecule has 1 fully saturated rings. The molecule has 1 aliphatic carbocycles. The van der Waals surface area contributed by atoms with Gasteiger partial charge in [0.05, 0.1) is 0 Å². The van der Waals surface area contributed by atoms with Crippen molar-refractivity contribution in [3.8, 4) is 0 Å². The molecule has 4 N–H and O–H groups in total. The molecule has 1 atom stereocenters. The zero-order chi connectivity index (χ0) is 13.3. The smallest absolute Gasteiger partial charge is 0.368 e. The third-order valence-electron chi connectivity index (χ3n) is 3.24. The van der Waals surface area contributed by atoms with Crippen LogP contribution in [-0.4, -0.2) is 35.2 Å². The molecule has 1 heterocycles. The Hall–Kier alpha value is -1.31. The minimum atomic E-state index is -4.56. The molecule has 102 valence electrons. The van der Waals surface area contributed by atoms with Crippen molar-refractivity contribution in [1.29, 1.82) is 0 Å². The van der Waals surface area contributed by atoms with Gasteiger partial charge in [0.15, 0.2) is 6.29 Å². The van der Waals surface area contributed by atoms with Crippen LogP contribution in [0, 0.1) is 0 Å². The van der Waals surface area contributed by atoms with Crippen molar-refractivity contribution in [2.75, 3.05) is 0 Å². The molecule has 0 aromatic rings. The number of hydrogen-bond donors (Lipinski definition) is 2. The minimum absolute atomic E-state index is 0.258. The summed E-state index contributed by atoms with van der Waals surface area (Å²) in [4.78, 5) is 8.10. The van der Waals surface area contributed by atoms with Gasteiger partial charge in [-0.3, -0.25) is 5.73 Å².